The topological polar surface area (TPSA) is 74.7 Å². The Morgan fingerprint density at radius 1 is 1.32 bits per heavy atom. The lowest BCUT2D eigenvalue weighted by atomic mass is 10.1. The molecule has 0 atom stereocenters. The molecule has 0 radical (unpaired) electrons. The van der Waals surface area contributed by atoms with Crippen LogP contribution in [0.2, 0.25) is 0 Å². The maximum absolute atomic E-state index is 13.8. The molecule has 19 heavy (non-hydrogen) atoms. The van der Waals surface area contributed by atoms with Crippen LogP contribution in [0.25, 0.3) is 0 Å². The number of nitrogens with zero attached hydrogens (tertiary/aromatic N) is 3. The highest BCUT2D eigenvalue weighted by molar-refractivity contribution is 6.02. The number of aromatic nitrogens is 1. The van der Waals surface area contributed by atoms with Gasteiger partial charge in [0, 0.05) is 18.8 Å². The molecule has 2 aromatic rings. The summed E-state index contributed by atoms with van der Waals surface area (Å²) in [5.74, 6) is -0.417. The number of amidine groups is 1. The van der Waals surface area contributed by atoms with E-state index in [9.17, 15) is 4.39 Å². The summed E-state index contributed by atoms with van der Waals surface area (Å²) in [6, 6.07) is 7.94. The van der Waals surface area contributed by atoms with E-state index >= 15 is 0 Å². The van der Waals surface area contributed by atoms with Gasteiger partial charge in [-0.15, -0.1) is 0 Å². The van der Waals surface area contributed by atoms with E-state index in [4.69, 9.17) is 10.9 Å². The summed E-state index contributed by atoms with van der Waals surface area (Å²) >= 11 is 0. The molecule has 0 saturated heterocycles. The highest BCUT2D eigenvalue weighted by Gasteiger charge is 2.14. The first kappa shape index (κ1) is 12.8. The van der Waals surface area contributed by atoms with Crippen molar-refractivity contribution >= 4 is 17.2 Å². The maximum Gasteiger partial charge on any atom is 0.172 e. The molecule has 6 heteroatoms. The maximum atomic E-state index is 13.8. The molecule has 0 aliphatic heterocycles. The smallest absolute Gasteiger partial charge is 0.172 e. The van der Waals surface area contributed by atoms with Gasteiger partial charge in [0.15, 0.2) is 5.84 Å². The molecule has 0 aliphatic carbocycles. The van der Waals surface area contributed by atoms with Crippen LogP contribution < -0.4 is 10.6 Å². The first-order valence-corrected chi connectivity index (χ1v) is 5.55. The van der Waals surface area contributed by atoms with Gasteiger partial charge >= 0.3 is 0 Å². The Hall–Kier alpha value is -2.63. The second-order valence-electron chi connectivity index (χ2n) is 3.89. The van der Waals surface area contributed by atoms with Crippen molar-refractivity contribution in [3.63, 3.8) is 0 Å². The molecular weight excluding hydrogens is 247 g/mol. The monoisotopic (exact) mass is 260 g/mol. The lowest BCUT2D eigenvalue weighted by Gasteiger charge is -2.22. The zero-order valence-electron chi connectivity index (χ0n) is 10.3. The van der Waals surface area contributed by atoms with Crippen molar-refractivity contribution in [3.8, 4) is 0 Å². The van der Waals surface area contributed by atoms with Gasteiger partial charge in [-0.3, -0.25) is 4.98 Å². The molecule has 3 N–H and O–H groups in total. The molecule has 0 unspecified atom stereocenters. The van der Waals surface area contributed by atoms with E-state index in [-0.39, 0.29) is 11.7 Å². The summed E-state index contributed by atoms with van der Waals surface area (Å²) in [4.78, 5) is 5.57. The number of hydrogen-bond donors (Lipinski definition) is 2. The Labute approximate surface area is 109 Å². The Morgan fingerprint density at radius 3 is 2.74 bits per heavy atom. The summed E-state index contributed by atoms with van der Waals surface area (Å²) in [7, 11) is 1.68. The van der Waals surface area contributed by atoms with E-state index in [1.54, 1.807) is 36.2 Å². The van der Waals surface area contributed by atoms with Gasteiger partial charge in [-0.2, -0.15) is 0 Å². The van der Waals surface area contributed by atoms with E-state index in [1.165, 1.54) is 18.5 Å². The van der Waals surface area contributed by atoms with Crippen molar-refractivity contribution in [1.82, 2.24) is 4.98 Å². The largest absolute Gasteiger partial charge is 0.409 e. The van der Waals surface area contributed by atoms with Crippen LogP contribution in [-0.4, -0.2) is 23.1 Å². The number of benzene rings is 1. The van der Waals surface area contributed by atoms with Crippen LogP contribution in [0.4, 0.5) is 15.8 Å². The average molecular weight is 260 g/mol. The third-order valence-electron chi connectivity index (χ3n) is 2.76. The van der Waals surface area contributed by atoms with Gasteiger partial charge in [0.25, 0.3) is 0 Å². The van der Waals surface area contributed by atoms with E-state index < -0.39 is 0 Å². The van der Waals surface area contributed by atoms with Crippen molar-refractivity contribution in [2.24, 2.45) is 10.9 Å². The minimum atomic E-state index is -0.362. The molecular formula is C13H13FN4O. The van der Waals surface area contributed by atoms with Crippen LogP contribution in [0.15, 0.2) is 47.9 Å². The summed E-state index contributed by atoms with van der Waals surface area (Å²) < 4.78 is 13.8. The van der Waals surface area contributed by atoms with Gasteiger partial charge < -0.3 is 15.8 Å². The molecule has 0 spiro atoms. The second-order valence-corrected chi connectivity index (χ2v) is 3.89. The van der Waals surface area contributed by atoms with Gasteiger partial charge in [0.05, 0.1) is 17.6 Å². The molecule has 0 amide bonds. The molecule has 5 nitrogen and oxygen atoms in total. The van der Waals surface area contributed by atoms with Crippen molar-refractivity contribution in [2.75, 3.05) is 11.9 Å². The van der Waals surface area contributed by atoms with Gasteiger partial charge in [0.1, 0.15) is 5.82 Å². The molecule has 1 heterocycles. The Bertz CT molecular complexity index is 615. The Morgan fingerprint density at radius 2 is 2.05 bits per heavy atom. The number of nitrogens with two attached hydrogens (primary N) is 1. The van der Waals surface area contributed by atoms with Gasteiger partial charge in [0.2, 0.25) is 0 Å². The van der Waals surface area contributed by atoms with Crippen molar-refractivity contribution < 1.29 is 9.60 Å². The first-order chi connectivity index (χ1) is 9.15. The average Bonchev–Trinajstić information content (AvgIpc) is 2.46. The number of hydrogen-bond acceptors (Lipinski definition) is 4. The quantitative estimate of drug-likeness (QED) is 0.383. The fraction of sp³-hybridized carbons (Fsp3) is 0.0769. The normalized spacial score (nSPS) is 11.4. The number of rotatable bonds is 3. The molecule has 1 aromatic carbocycles. The molecule has 0 aliphatic rings. The zero-order valence-corrected chi connectivity index (χ0v) is 10.3. The lowest BCUT2D eigenvalue weighted by Crippen LogP contribution is -2.20. The number of halogens is 1. The number of para-hydroxylation sites is 1. The van der Waals surface area contributed by atoms with Crippen LogP contribution in [0.1, 0.15) is 5.56 Å². The third kappa shape index (κ3) is 2.47. The third-order valence-corrected chi connectivity index (χ3v) is 2.76. The Kier molecular flexibility index (Phi) is 3.61. The molecule has 1 aromatic heterocycles. The highest BCUT2D eigenvalue weighted by Crippen LogP contribution is 2.27. The minimum absolute atomic E-state index is 0.0550. The van der Waals surface area contributed by atoms with Crippen molar-refractivity contribution in [3.05, 3.63) is 54.1 Å². The minimum Gasteiger partial charge on any atom is -0.409 e. The molecule has 0 bridgehead atoms. The van der Waals surface area contributed by atoms with Gasteiger partial charge in [-0.05, 0) is 18.2 Å². The van der Waals surface area contributed by atoms with Crippen LogP contribution in [-0.2, 0) is 0 Å². The van der Waals surface area contributed by atoms with E-state index in [2.05, 4.69) is 10.1 Å². The molecule has 2 rings (SSSR count). The summed E-state index contributed by atoms with van der Waals surface area (Å²) in [5, 5.41) is 11.7. The summed E-state index contributed by atoms with van der Waals surface area (Å²) in [6.07, 6.45) is 3.05. The lowest BCUT2D eigenvalue weighted by molar-refractivity contribution is 0.318. The van der Waals surface area contributed by atoms with Crippen LogP contribution in [0.5, 0.6) is 0 Å². The first-order valence-electron chi connectivity index (χ1n) is 5.55. The van der Waals surface area contributed by atoms with Crippen molar-refractivity contribution in [2.45, 2.75) is 0 Å². The number of pyridine rings is 1. The number of anilines is 2. The fourth-order valence-electron chi connectivity index (χ4n) is 1.78. The highest BCUT2D eigenvalue weighted by atomic mass is 19.1. The summed E-state index contributed by atoms with van der Waals surface area (Å²) in [5.41, 5.74) is 7.00. The standard InChI is InChI=1S/C13H13FN4O/c1-18(11-5-3-2-4-10(11)14)12-8-16-7-6-9(12)13(15)17-19/h2-8,19H,1H3,(H2,15,17). The van der Waals surface area contributed by atoms with Crippen LogP contribution >= 0.6 is 0 Å². The Balaban J connectivity index is 2.51. The van der Waals surface area contributed by atoms with Gasteiger partial charge in [-0.25, -0.2) is 4.39 Å². The molecule has 0 fully saturated rings. The SMILES string of the molecule is CN(c1ccccc1F)c1cnccc1/C(N)=N/O. The van der Waals surface area contributed by atoms with E-state index in [1.807, 2.05) is 0 Å². The molecule has 0 saturated carbocycles. The van der Waals surface area contributed by atoms with Gasteiger partial charge in [-0.1, -0.05) is 17.3 Å². The van der Waals surface area contributed by atoms with E-state index in [0.29, 0.717) is 16.9 Å². The van der Waals surface area contributed by atoms with Crippen LogP contribution in [0.3, 0.4) is 0 Å². The van der Waals surface area contributed by atoms with E-state index in [0.717, 1.165) is 0 Å². The second kappa shape index (κ2) is 5.34. The van der Waals surface area contributed by atoms with Crippen molar-refractivity contribution in [1.29, 1.82) is 0 Å². The summed E-state index contributed by atoms with van der Waals surface area (Å²) in [6.45, 7) is 0. The predicted molar refractivity (Wildman–Crippen MR) is 71.2 cm³/mol. The number of oxime groups is 1. The fourth-order valence-corrected chi connectivity index (χ4v) is 1.78. The predicted octanol–water partition coefficient (Wildman–Crippen LogP) is 2.08. The molecule has 98 valence electrons. The zero-order chi connectivity index (χ0) is 13.8. The van der Waals surface area contributed by atoms with Crippen LogP contribution in [0, 0.1) is 5.82 Å².